The molecule has 3 rings (SSSR count). The van der Waals surface area contributed by atoms with Gasteiger partial charge >= 0.3 is 6.03 Å². The molecular weight excluding hydrogens is 360 g/mol. The smallest absolute Gasteiger partial charge is 0.322 e. The number of anilines is 2. The summed E-state index contributed by atoms with van der Waals surface area (Å²) < 4.78 is 5.15. The Kier molecular flexibility index (Phi) is 6.11. The molecule has 0 aromatic heterocycles. The number of nitrogens with one attached hydrogen (secondary N) is 3. The third kappa shape index (κ3) is 4.79. The molecule has 2 aromatic carbocycles. The molecule has 28 heavy (non-hydrogen) atoms. The van der Waals surface area contributed by atoms with E-state index in [1.807, 2.05) is 24.3 Å². The maximum Gasteiger partial charge on any atom is 0.322 e. The predicted molar refractivity (Wildman–Crippen MR) is 105 cm³/mol. The van der Waals surface area contributed by atoms with E-state index in [1.165, 1.54) is 4.90 Å². The fraction of sp³-hybridized carbons (Fsp3) is 0.250. The molecule has 3 N–H and O–H groups in total. The molecule has 8 nitrogen and oxygen atoms in total. The number of urea groups is 1. The van der Waals surface area contributed by atoms with Crippen LogP contribution < -0.4 is 25.6 Å². The molecule has 1 aliphatic rings. The van der Waals surface area contributed by atoms with Crippen molar-refractivity contribution in [3.8, 4) is 5.75 Å². The molecule has 0 bridgehead atoms. The van der Waals surface area contributed by atoms with Gasteiger partial charge in [-0.15, -0.1) is 0 Å². The van der Waals surface area contributed by atoms with Crippen LogP contribution in [-0.2, 0) is 16.1 Å². The Hall–Kier alpha value is -3.55. The largest absolute Gasteiger partial charge is 0.497 e. The van der Waals surface area contributed by atoms with E-state index in [4.69, 9.17) is 4.74 Å². The Morgan fingerprint density at radius 1 is 1.14 bits per heavy atom. The quantitative estimate of drug-likeness (QED) is 0.710. The van der Waals surface area contributed by atoms with Gasteiger partial charge in [0.25, 0.3) is 0 Å². The normalized spacial score (nSPS) is 12.6. The Labute approximate surface area is 162 Å². The van der Waals surface area contributed by atoms with Crippen LogP contribution in [0.2, 0.25) is 0 Å². The van der Waals surface area contributed by atoms with E-state index in [2.05, 4.69) is 16.0 Å². The molecule has 2 aromatic rings. The minimum atomic E-state index is -0.414. The van der Waals surface area contributed by atoms with Crippen LogP contribution in [0.5, 0.6) is 5.75 Å². The van der Waals surface area contributed by atoms with Crippen molar-refractivity contribution >= 4 is 29.2 Å². The first-order chi connectivity index (χ1) is 13.6. The van der Waals surface area contributed by atoms with Gasteiger partial charge in [-0.05, 0) is 29.8 Å². The maximum absolute atomic E-state index is 12.4. The van der Waals surface area contributed by atoms with E-state index in [9.17, 15) is 14.4 Å². The van der Waals surface area contributed by atoms with Crippen molar-refractivity contribution in [3.63, 3.8) is 0 Å². The van der Waals surface area contributed by atoms with Crippen LogP contribution in [0.15, 0.2) is 48.5 Å². The number of hydrogen-bond acceptors (Lipinski definition) is 4. The van der Waals surface area contributed by atoms with Gasteiger partial charge in [0.05, 0.1) is 18.5 Å². The SMILES string of the molecule is COc1cccc(CNC(=O)CCNC(=O)N2CC(=O)Nc3ccccc32)c1. The highest BCUT2D eigenvalue weighted by molar-refractivity contribution is 6.09. The minimum absolute atomic E-state index is 0.0646. The zero-order valence-electron chi connectivity index (χ0n) is 15.5. The summed E-state index contributed by atoms with van der Waals surface area (Å²) in [5.41, 5.74) is 2.14. The van der Waals surface area contributed by atoms with Crippen molar-refractivity contribution in [1.82, 2.24) is 10.6 Å². The Balaban J connectivity index is 1.46. The van der Waals surface area contributed by atoms with E-state index >= 15 is 0 Å². The maximum atomic E-state index is 12.4. The minimum Gasteiger partial charge on any atom is -0.497 e. The van der Waals surface area contributed by atoms with Crippen LogP contribution in [0.1, 0.15) is 12.0 Å². The first kappa shape index (κ1) is 19.2. The zero-order valence-corrected chi connectivity index (χ0v) is 15.5. The van der Waals surface area contributed by atoms with Gasteiger partial charge in [-0.1, -0.05) is 24.3 Å². The van der Waals surface area contributed by atoms with Crippen LogP contribution in [-0.4, -0.2) is 38.0 Å². The zero-order chi connectivity index (χ0) is 19.9. The van der Waals surface area contributed by atoms with Crippen molar-refractivity contribution < 1.29 is 19.1 Å². The molecule has 146 valence electrons. The summed E-state index contributed by atoms with van der Waals surface area (Å²) in [5, 5.41) is 8.22. The highest BCUT2D eigenvalue weighted by atomic mass is 16.5. The van der Waals surface area contributed by atoms with Crippen LogP contribution in [0.25, 0.3) is 0 Å². The lowest BCUT2D eigenvalue weighted by molar-refractivity contribution is -0.121. The van der Waals surface area contributed by atoms with E-state index in [1.54, 1.807) is 31.4 Å². The van der Waals surface area contributed by atoms with Crippen molar-refractivity contribution in [3.05, 3.63) is 54.1 Å². The van der Waals surface area contributed by atoms with Gasteiger partial charge in [-0.3, -0.25) is 14.5 Å². The number of methoxy groups -OCH3 is 1. The monoisotopic (exact) mass is 382 g/mol. The molecular formula is C20H22N4O4. The number of rotatable bonds is 6. The number of ether oxygens (including phenoxy) is 1. The number of fused-ring (bicyclic) bond motifs is 1. The number of carbonyl (C=O) groups is 3. The molecule has 0 atom stereocenters. The number of amides is 4. The third-order valence-electron chi connectivity index (χ3n) is 4.27. The number of hydrogen-bond donors (Lipinski definition) is 3. The molecule has 0 unspecified atom stereocenters. The second-order valence-electron chi connectivity index (χ2n) is 6.26. The fourth-order valence-electron chi connectivity index (χ4n) is 2.86. The van der Waals surface area contributed by atoms with Gasteiger partial charge in [0.2, 0.25) is 11.8 Å². The first-order valence-electron chi connectivity index (χ1n) is 8.90. The van der Waals surface area contributed by atoms with Crippen LogP contribution in [0, 0.1) is 0 Å². The summed E-state index contributed by atoms with van der Waals surface area (Å²) in [6.45, 7) is 0.484. The molecule has 0 saturated heterocycles. The molecule has 0 radical (unpaired) electrons. The Bertz CT molecular complexity index is 884. The van der Waals surface area contributed by atoms with Gasteiger partial charge in [0.15, 0.2) is 0 Å². The predicted octanol–water partition coefficient (Wildman–Crippen LogP) is 1.87. The third-order valence-corrected chi connectivity index (χ3v) is 4.27. The lowest BCUT2D eigenvalue weighted by Crippen LogP contribution is -2.47. The fourth-order valence-corrected chi connectivity index (χ4v) is 2.86. The number of nitrogens with zero attached hydrogens (tertiary/aromatic N) is 1. The standard InChI is InChI=1S/C20H22N4O4/c1-28-15-6-4-5-14(11-15)12-22-18(25)9-10-21-20(27)24-13-19(26)23-16-7-2-3-8-17(16)24/h2-8,11H,9-10,12-13H2,1H3,(H,21,27)(H,22,25)(H,23,26). The van der Waals surface area contributed by atoms with Crippen LogP contribution in [0.3, 0.4) is 0 Å². The summed E-state index contributed by atoms with van der Waals surface area (Å²) >= 11 is 0. The molecule has 0 spiro atoms. The molecule has 8 heteroatoms. The van der Waals surface area contributed by atoms with Crippen molar-refractivity contribution in [2.75, 3.05) is 30.4 Å². The van der Waals surface area contributed by atoms with Crippen molar-refractivity contribution in [2.45, 2.75) is 13.0 Å². The van der Waals surface area contributed by atoms with Crippen molar-refractivity contribution in [2.24, 2.45) is 0 Å². The highest BCUT2D eigenvalue weighted by Gasteiger charge is 2.26. The molecule has 1 heterocycles. The average Bonchev–Trinajstić information content (AvgIpc) is 2.71. The lowest BCUT2D eigenvalue weighted by atomic mass is 10.2. The summed E-state index contributed by atoms with van der Waals surface area (Å²) in [7, 11) is 1.59. The lowest BCUT2D eigenvalue weighted by Gasteiger charge is -2.29. The first-order valence-corrected chi connectivity index (χ1v) is 8.90. The summed E-state index contributed by atoms with van der Waals surface area (Å²) in [6, 6.07) is 14.1. The van der Waals surface area contributed by atoms with E-state index < -0.39 is 6.03 Å². The van der Waals surface area contributed by atoms with Gasteiger partial charge in [0.1, 0.15) is 12.3 Å². The number of benzene rings is 2. The summed E-state index contributed by atoms with van der Waals surface area (Å²) in [4.78, 5) is 37.6. The van der Waals surface area contributed by atoms with E-state index in [0.29, 0.717) is 17.9 Å². The Morgan fingerprint density at radius 2 is 1.96 bits per heavy atom. The molecule has 0 fully saturated rings. The van der Waals surface area contributed by atoms with E-state index in [-0.39, 0.29) is 31.3 Å². The van der Waals surface area contributed by atoms with Gasteiger partial charge in [0, 0.05) is 19.5 Å². The van der Waals surface area contributed by atoms with Crippen LogP contribution in [0.4, 0.5) is 16.2 Å². The average molecular weight is 382 g/mol. The molecule has 4 amide bonds. The summed E-state index contributed by atoms with van der Waals surface area (Å²) in [5.74, 6) is 0.287. The van der Waals surface area contributed by atoms with Gasteiger partial charge < -0.3 is 20.7 Å². The Morgan fingerprint density at radius 3 is 2.79 bits per heavy atom. The molecule has 1 aliphatic heterocycles. The van der Waals surface area contributed by atoms with Crippen LogP contribution >= 0.6 is 0 Å². The highest BCUT2D eigenvalue weighted by Crippen LogP contribution is 2.28. The van der Waals surface area contributed by atoms with E-state index in [0.717, 1.165) is 11.3 Å². The topological polar surface area (TPSA) is 99.8 Å². The van der Waals surface area contributed by atoms with Gasteiger partial charge in [-0.2, -0.15) is 0 Å². The molecule has 0 saturated carbocycles. The summed E-state index contributed by atoms with van der Waals surface area (Å²) in [6.07, 6.45) is 0.136. The second kappa shape index (κ2) is 8.90. The molecule has 0 aliphatic carbocycles. The number of carbonyl (C=O) groups excluding carboxylic acids is 3. The van der Waals surface area contributed by atoms with Gasteiger partial charge in [-0.25, -0.2) is 4.79 Å². The second-order valence-corrected chi connectivity index (χ2v) is 6.26. The number of para-hydroxylation sites is 2. The van der Waals surface area contributed by atoms with Crippen molar-refractivity contribution in [1.29, 1.82) is 0 Å².